The number of para-hydroxylation sites is 2. The Bertz CT molecular complexity index is 4250. The van der Waals surface area contributed by atoms with Gasteiger partial charge >= 0.3 is 0 Å². The Balaban J connectivity index is 0.894. The minimum atomic E-state index is -0.476. The molecule has 2 heterocycles. The summed E-state index contributed by atoms with van der Waals surface area (Å²) < 4.78 is 5.09. The molecule has 13 aromatic rings. The van der Waals surface area contributed by atoms with Crippen molar-refractivity contribution in [1.29, 1.82) is 0 Å². The highest BCUT2D eigenvalue weighted by molar-refractivity contribution is 7.25. The highest BCUT2D eigenvalue weighted by atomic mass is 32.1. The average molecular weight is 949 g/mol. The maximum atomic E-state index is 2.48. The lowest BCUT2D eigenvalue weighted by molar-refractivity contribution is 0.660. The lowest BCUT2D eigenvalue weighted by Crippen LogP contribution is -2.28. The van der Waals surface area contributed by atoms with Crippen LogP contribution in [0.3, 0.4) is 0 Å². The molecule has 0 radical (unpaired) electrons. The largest absolute Gasteiger partial charge is 0.310 e. The van der Waals surface area contributed by atoms with Gasteiger partial charge in [-0.05, 0) is 146 Å². The molecule has 0 saturated heterocycles. The van der Waals surface area contributed by atoms with E-state index >= 15 is 0 Å². The monoisotopic (exact) mass is 948 g/mol. The summed E-state index contributed by atoms with van der Waals surface area (Å²) in [6, 6.07) is 95.3. The first-order valence-electron chi connectivity index (χ1n) is 25.4. The van der Waals surface area contributed by atoms with Gasteiger partial charge in [0.25, 0.3) is 0 Å². The van der Waals surface area contributed by atoms with Crippen LogP contribution in [-0.4, -0.2) is 4.57 Å². The Morgan fingerprint density at radius 2 is 0.863 bits per heavy atom. The number of nitrogens with zero attached hydrogens (tertiary/aromatic N) is 2. The average Bonchev–Trinajstić information content (AvgIpc) is 4.17. The summed E-state index contributed by atoms with van der Waals surface area (Å²) in [7, 11) is 0. The van der Waals surface area contributed by atoms with Gasteiger partial charge in [0.15, 0.2) is 0 Å². The molecule has 15 rings (SSSR count). The van der Waals surface area contributed by atoms with Crippen LogP contribution in [0, 0.1) is 0 Å². The molecule has 344 valence electrons. The molecule has 0 aliphatic heterocycles. The molecule has 0 spiro atoms. The van der Waals surface area contributed by atoms with Crippen LogP contribution in [0.2, 0.25) is 0 Å². The number of anilines is 3. The molecular formula is C70H48N2S. The number of rotatable bonds is 7. The summed E-state index contributed by atoms with van der Waals surface area (Å²) in [5.41, 5.74) is 21.6. The number of hydrogen-bond donors (Lipinski definition) is 0. The highest BCUT2D eigenvalue weighted by Gasteiger charge is 2.46. The molecule has 2 aromatic heterocycles. The Morgan fingerprint density at radius 1 is 0.342 bits per heavy atom. The number of thiophene rings is 1. The smallest absolute Gasteiger partial charge is 0.0713 e. The van der Waals surface area contributed by atoms with Gasteiger partial charge in [0.1, 0.15) is 0 Å². The minimum absolute atomic E-state index is 0.267. The molecular weight excluding hydrogens is 901 g/mol. The molecule has 0 unspecified atom stereocenters. The molecule has 73 heavy (non-hydrogen) atoms. The Hall–Kier alpha value is -8.76. The van der Waals surface area contributed by atoms with Gasteiger partial charge in [-0.25, -0.2) is 0 Å². The summed E-state index contributed by atoms with van der Waals surface area (Å²) in [4.78, 5) is 2.48. The molecule has 3 heteroatoms. The summed E-state index contributed by atoms with van der Waals surface area (Å²) in [5.74, 6) is 0. The molecule has 0 bridgehead atoms. The summed E-state index contributed by atoms with van der Waals surface area (Å²) in [6.07, 6.45) is 0. The van der Waals surface area contributed by atoms with Crippen molar-refractivity contribution in [2.24, 2.45) is 0 Å². The highest BCUT2D eigenvalue weighted by Crippen LogP contribution is 2.58. The van der Waals surface area contributed by atoms with Crippen molar-refractivity contribution in [3.05, 3.63) is 288 Å². The van der Waals surface area contributed by atoms with Gasteiger partial charge < -0.3 is 9.47 Å². The van der Waals surface area contributed by atoms with Gasteiger partial charge in [0.05, 0.1) is 16.4 Å². The van der Waals surface area contributed by atoms with Crippen LogP contribution in [0.25, 0.3) is 81.0 Å². The summed E-state index contributed by atoms with van der Waals surface area (Å²) >= 11 is 1.87. The maximum absolute atomic E-state index is 2.48. The van der Waals surface area contributed by atoms with Crippen LogP contribution < -0.4 is 4.90 Å². The van der Waals surface area contributed by atoms with Gasteiger partial charge in [-0.15, -0.1) is 11.3 Å². The van der Waals surface area contributed by atoms with E-state index in [-0.39, 0.29) is 5.41 Å². The molecule has 0 saturated carbocycles. The predicted molar refractivity (Wildman–Crippen MR) is 309 cm³/mol. The first-order chi connectivity index (χ1) is 35.9. The van der Waals surface area contributed by atoms with Crippen LogP contribution in [0.4, 0.5) is 17.1 Å². The van der Waals surface area contributed by atoms with E-state index in [9.17, 15) is 0 Å². The van der Waals surface area contributed by atoms with Crippen molar-refractivity contribution in [2.45, 2.75) is 24.7 Å². The topological polar surface area (TPSA) is 8.17 Å². The van der Waals surface area contributed by atoms with Gasteiger partial charge in [0, 0.05) is 59.1 Å². The fourth-order valence-corrected chi connectivity index (χ4v) is 14.0. The SMILES string of the molecule is CC1(C)c2cc(N(c3ccc(-c4ccc5sc6ccccc6c5c4)cc3)c3ccc4c(c3)-c3ccccc3C4(c3ccccc3)c3ccccc3)ccc2-c2ccc(-n3c4ccccc4c4ccccc43)cc21. The standard InChI is InChI=1S/C70H48N2S/c1-69(2)63-43-51(34-37-54(63)55-38-35-52(44-64(55)69)72-65-26-14-10-22-56(65)57-23-11-15-27-66(57)72)71(49-32-29-45(30-33-49)46-31-40-68-60(41-46)58-24-12-16-28-67(58)73-68)50-36-39-62-59(42-50)53-21-9-13-25-61(53)70(62,47-17-5-3-6-18-47)48-19-7-4-8-20-48/h3-44H,1-2H3. The Labute approximate surface area is 429 Å². The second kappa shape index (κ2) is 15.9. The van der Waals surface area contributed by atoms with E-state index in [2.05, 4.69) is 278 Å². The minimum Gasteiger partial charge on any atom is -0.310 e. The van der Waals surface area contributed by atoms with E-state index in [0.29, 0.717) is 0 Å². The van der Waals surface area contributed by atoms with Crippen LogP contribution in [-0.2, 0) is 10.8 Å². The van der Waals surface area contributed by atoms with Gasteiger partial charge in [-0.3, -0.25) is 0 Å². The second-order valence-electron chi connectivity index (χ2n) is 20.4. The van der Waals surface area contributed by atoms with Crippen LogP contribution in [0.1, 0.15) is 47.2 Å². The fraction of sp³-hybridized carbons (Fsp3) is 0.0571. The molecule has 0 amide bonds. The molecule has 0 N–H and O–H groups in total. The quantitative estimate of drug-likeness (QED) is 0.155. The zero-order valence-electron chi connectivity index (χ0n) is 40.6. The third-order valence-corrected chi connectivity index (χ3v) is 17.4. The maximum Gasteiger partial charge on any atom is 0.0713 e. The number of aromatic nitrogens is 1. The first kappa shape index (κ1) is 42.0. The van der Waals surface area contributed by atoms with Crippen molar-refractivity contribution < 1.29 is 0 Å². The van der Waals surface area contributed by atoms with Gasteiger partial charge in [-0.1, -0.05) is 190 Å². The third kappa shape index (κ3) is 6.10. The van der Waals surface area contributed by atoms with E-state index < -0.39 is 5.41 Å². The number of fused-ring (bicyclic) bond motifs is 12. The fourth-order valence-electron chi connectivity index (χ4n) is 12.9. The van der Waals surface area contributed by atoms with Crippen molar-refractivity contribution in [3.63, 3.8) is 0 Å². The van der Waals surface area contributed by atoms with Crippen LogP contribution in [0.15, 0.2) is 255 Å². The van der Waals surface area contributed by atoms with Crippen molar-refractivity contribution >= 4 is 70.4 Å². The number of benzene rings is 11. The van der Waals surface area contributed by atoms with E-state index in [1.807, 2.05) is 11.3 Å². The summed E-state index contributed by atoms with van der Waals surface area (Å²) in [6.45, 7) is 4.81. The van der Waals surface area contributed by atoms with Crippen molar-refractivity contribution in [3.8, 4) is 39.1 Å². The third-order valence-electron chi connectivity index (χ3n) is 16.3. The predicted octanol–water partition coefficient (Wildman–Crippen LogP) is 19.0. The van der Waals surface area contributed by atoms with E-state index in [0.717, 1.165) is 17.1 Å². The van der Waals surface area contributed by atoms with E-state index in [4.69, 9.17) is 0 Å². The Morgan fingerprint density at radius 3 is 1.59 bits per heavy atom. The van der Waals surface area contributed by atoms with Gasteiger partial charge in [0.2, 0.25) is 0 Å². The van der Waals surface area contributed by atoms with E-state index in [1.54, 1.807) is 0 Å². The lowest BCUT2D eigenvalue weighted by atomic mass is 9.68. The first-order valence-corrected chi connectivity index (χ1v) is 26.2. The zero-order valence-corrected chi connectivity index (χ0v) is 41.4. The molecule has 0 atom stereocenters. The number of hydrogen-bond acceptors (Lipinski definition) is 2. The molecule has 2 nitrogen and oxygen atoms in total. The van der Waals surface area contributed by atoms with Crippen LogP contribution >= 0.6 is 11.3 Å². The molecule has 0 fully saturated rings. The van der Waals surface area contributed by atoms with Crippen molar-refractivity contribution in [1.82, 2.24) is 4.57 Å². The van der Waals surface area contributed by atoms with Crippen molar-refractivity contribution in [2.75, 3.05) is 4.90 Å². The zero-order chi connectivity index (χ0) is 48.4. The lowest BCUT2D eigenvalue weighted by Gasteiger charge is -2.34. The summed E-state index contributed by atoms with van der Waals surface area (Å²) in [5, 5.41) is 5.18. The van der Waals surface area contributed by atoms with Crippen LogP contribution in [0.5, 0.6) is 0 Å². The molecule has 11 aromatic carbocycles. The van der Waals surface area contributed by atoms with Gasteiger partial charge in [-0.2, -0.15) is 0 Å². The molecule has 2 aliphatic carbocycles. The normalized spacial score (nSPS) is 13.8. The molecule has 2 aliphatic rings. The van der Waals surface area contributed by atoms with E-state index in [1.165, 1.54) is 114 Å². The second-order valence-corrected chi connectivity index (χ2v) is 21.5. The Kier molecular flexibility index (Phi) is 9.12.